The van der Waals surface area contributed by atoms with Gasteiger partial charge in [-0.3, -0.25) is 0 Å². The van der Waals surface area contributed by atoms with Crippen molar-refractivity contribution in [3.8, 4) is 5.75 Å². The number of carboxylic acid groups (broad SMARTS) is 1. The number of halogens is 4. The molecule has 134 valence electrons. The summed E-state index contributed by atoms with van der Waals surface area (Å²) in [6.07, 6.45) is -5.49. The molecule has 0 spiro atoms. The average molecular weight is 349 g/mol. The fraction of sp³-hybridized carbons (Fsp3) is 0.562. The number of ether oxygens (including phenoxy) is 1. The summed E-state index contributed by atoms with van der Waals surface area (Å²) in [5.74, 6) is -1.43. The van der Waals surface area contributed by atoms with Crippen molar-refractivity contribution in [2.24, 2.45) is 0 Å². The van der Waals surface area contributed by atoms with Gasteiger partial charge in [0.25, 0.3) is 0 Å². The standard InChI is InChI=1S/C16H19F4NO3/c1-15(2,3)21(14(22)23)9-6-11(7-9)24-10-4-5-13(17)12(8-10)16(18,19)20/h4-5,8-9,11H,6-7H2,1-3H3,(H,22,23). The first-order chi connectivity index (χ1) is 10.9. The van der Waals surface area contributed by atoms with Gasteiger partial charge in [-0.15, -0.1) is 0 Å². The lowest BCUT2D eigenvalue weighted by molar-refractivity contribution is -0.140. The first-order valence-electron chi connectivity index (χ1n) is 7.45. The SMILES string of the molecule is CC(C)(C)N(C(=O)O)C1CC(Oc2ccc(F)c(C(F)(F)F)c2)C1. The van der Waals surface area contributed by atoms with E-state index in [1.807, 2.05) is 0 Å². The van der Waals surface area contributed by atoms with Crippen LogP contribution in [0.15, 0.2) is 18.2 Å². The van der Waals surface area contributed by atoms with Crippen LogP contribution >= 0.6 is 0 Å². The molecule has 24 heavy (non-hydrogen) atoms. The van der Waals surface area contributed by atoms with Crippen LogP contribution < -0.4 is 4.74 Å². The van der Waals surface area contributed by atoms with Gasteiger partial charge in [-0.05, 0) is 39.0 Å². The third-order valence-electron chi connectivity index (χ3n) is 3.91. The normalized spacial score (nSPS) is 21.1. The number of alkyl halides is 3. The van der Waals surface area contributed by atoms with Crippen LogP contribution in [0.25, 0.3) is 0 Å². The van der Waals surface area contributed by atoms with Gasteiger partial charge >= 0.3 is 12.3 Å². The highest BCUT2D eigenvalue weighted by molar-refractivity contribution is 5.66. The number of amides is 1. The Bertz CT molecular complexity index is 619. The van der Waals surface area contributed by atoms with E-state index < -0.39 is 35.3 Å². The van der Waals surface area contributed by atoms with Crippen molar-refractivity contribution >= 4 is 6.09 Å². The Balaban J connectivity index is 2.02. The Kier molecular flexibility index (Phi) is 4.70. The number of hydrogen-bond acceptors (Lipinski definition) is 2. The van der Waals surface area contributed by atoms with Crippen LogP contribution in [0.5, 0.6) is 5.75 Å². The molecule has 1 aliphatic rings. The summed E-state index contributed by atoms with van der Waals surface area (Å²) in [6, 6.07) is 2.22. The maximum Gasteiger partial charge on any atom is 0.419 e. The van der Waals surface area contributed by atoms with Gasteiger partial charge in [0.2, 0.25) is 0 Å². The quantitative estimate of drug-likeness (QED) is 0.816. The highest BCUT2D eigenvalue weighted by Gasteiger charge is 2.42. The van der Waals surface area contributed by atoms with E-state index in [0.29, 0.717) is 25.0 Å². The number of benzene rings is 1. The van der Waals surface area contributed by atoms with Gasteiger partial charge in [-0.2, -0.15) is 13.2 Å². The third-order valence-corrected chi connectivity index (χ3v) is 3.91. The smallest absolute Gasteiger partial charge is 0.419 e. The van der Waals surface area contributed by atoms with Crippen LogP contribution in [-0.4, -0.2) is 33.8 Å². The van der Waals surface area contributed by atoms with Gasteiger partial charge in [0.05, 0.1) is 5.56 Å². The first-order valence-corrected chi connectivity index (χ1v) is 7.45. The van der Waals surface area contributed by atoms with Gasteiger partial charge in [-0.25, -0.2) is 9.18 Å². The minimum Gasteiger partial charge on any atom is -0.490 e. The Hall–Kier alpha value is -1.99. The van der Waals surface area contributed by atoms with Gasteiger partial charge in [0, 0.05) is 24.4 Å². The zero-order chi connectivity index (χ0) is 18.3. The Morgan fingerprint density at radius 3 is 2.29 bits per heavy atom. The van der Waals surface area contributed by atoms with E-state index in [2.05, 4.69) is 0 Å². The van der Waals surface area contributed by atoms with E-state index in [1.54, 1.807) is 20.8 Å². The van der Waals surface area contributed by atoms with Crippen molar-refractivity contribution in [3.63, 3.8) is 0 Å². The molecule has 4 nitrogen and oxygen atoms in total. The molecule has 0 saturated heterocycles. The molecule has 1 fully saturated rings. The maximum atomic E-state index is 13.2. The predicted octanol–water partition coefficient (Wildman–Crippen LogP) is 4.53. The van der Waals surface area contributed by atoms with Crippen molar-refractivity contribution in [2.45, 2.75) is 57.5 Å². The monoisotopic (exact) mass is 349 g/mol. The minimum absolute atomic E-state index is 0.0789. The fourth-order valence-electron chi connectivity index (χ4n) is 2.82. The topological polar surface area (TPSA) is 49.8 Å². The lowest BCUT2D eigenvalue weighted by Crippen LogP contribution is -2.58. The molecule has 1 aromatic rings. The molecule has 0 aliphatic heterocycles. The van der Waals surface area contributed by atoms with E-state index in [-0.39, 0.29) is 11.8 Å². The second-order valence-electron chi connectivity index (χ2n) is 6.83. The number of hydrogen-bond donors (Lipinski definition) is 1. The minimum atomic E-state index is -4.79. The van der Waals surface area contributed by atoms with Crippen LogP contribution in [0.1, 0.15) is 39.2 Å². The first kappa shape index (κ1) is 18.4. The van der Waals surface area contributed by atoms with Crippen LogP contribution in [0.3, 0.4) is 0 Å². The van der Waals surface area contributed by atoms with Crippen molar-refractivity contribution in [2.75, 3.05) is 0 Å². The van der Waals surface area contributed by atoms with E-state index >= 15 is 0 Å². The second-order valence-corrected chi connectivity index (χ2v) is 6.83. The Labute approximate surface area is 137 Å². The molecule has 1 saturated carbocycles. The third kappa shape index (κ3) is 3.91. The van der Waals surface area contributed by atoms with Crippen molar-refractivity contribution in [1.29, 1.82) is 0 Å². The summed E-state index contributed by atoms with van der Waals surface area (Å²) in [7, 11) is 0. The van der Waals surface area contributed by atoms with Crippen LogP contribution in [-0.2, 0) is 6.18 Å². The van der Waals surface area contributed by atoms with E-state index in [1.165, 1.54) is 4.90 Å². The lowest BCUT2D eigenvalue weighted by Gasteiger charge is -2.47. The molecule has 1 amide bonds. The largest absolute Gasteiger partial charge is 0.490 e. The Morgan fingerprint density at radius 1 is 1.25 bits per heavy atom. The molecule has 2 rings (SSSR count). The molecular formula is C16H19F4NO3. The van der Waals surface area contributed by atoms with E-state index in [9.17, 15) is 27.5 Å². The summed E-state index contributed by atoms with van der Waals surface area (Å²) < 4.78 is 56.7. The molecule has 0 aromatic heterocycles. The van der Waals surface area contributed by atoms with Crippen molar-refractivity contribution in [3.05, 3.63) is 29.6 Å². The molecule has 1 aromatic carbocycles. The van der Waals surface area contributed by atoms with E-state index in [0.717, 1.165) is 6.07 Å². The number of carbonyl (C=O) groups is 1. The highest BCUT2D eigenvalue weighted by atomic mass is 19.4. The predicted molar refractivity (Wildman–Crippen MR) is 78.5 cm³/mol. The maximum absolute atomic E-state index is 13.2. The van der Waals surface area contributed by atoms with Crippen molar-refractivity contribution < 1.29 is 32.2 Å². The molecule has 0 bridgehead atoms. The van der Waals surface area contributed by atoms with Crippen molar-refractivity contribution in [1.82, 2.24) is 4.90 Å². The van der Waals surface area contributed by atoms with Crippen LogP contribution in [0.2, 0.25) is 0 Å². The van der Waals surface area contributed by atoms with Crippen LogP contribution in [0.4, 0.5) is 22.4 Å². The Morgan fingerprint density at radius 2 is 1.83 bits per heavy atom. The van der Waals surface area contributed by atoms with Crippen LogP contribution in [0, 0.1) is 5.82 Å². The zero-order valence-electron chi connectivity index (χ0n) is 13.5. The lowest BCUT2D eigenvalue weighted by atomic mass is 9.85. The summed E-state index contributed by atoms with van der Waals surface area (Å²) in [5, 5.41) is 9.30. The number of rotatable bonds is 3. The summed E-state index contributed by atoms with van der Waals surface area (Å²) in [6.45, 7) is 5.31. The molecule has 0 heterocycles. The molecule has 1 aliphatic carbocycles. The molecular weight excluding hydrogens is 330 g/mol. The second kappa shape index (κ2) is 6.14. The van der Waals surface area contributed by atoms with Gasteiger partial charge in [0.1, 0.15) is 17.7 Å². The van der Waals surface area contributed by atoms with Gasteiger partial charge < -0.3 is 14.7 Å². The number of nitrogens with zero attached hydrogens (tertiary/aromatic N) is 1. The molecule has 0 unspecified atom stereocenters. The summed E-state index contributed by atoms with van der Waals surface area (Å²) in [4.78, 5) is 12.7. The molecule has 1 N–H and O–H groups in total. The average Bonchev–Trinajstić information content (AvgIpc) is 2.34. The summed E-state index contributed by atoms with van der Waals surface area (Å²) in [5.41, 5.74) is -1.96. The fourth-order valence-corrected chi connectivity index (χ4v) is 2.82. The molecule has 0 atom stereocenters. The molecule has 8 heteroatoms. The summed E-state index contributed by atoms with van der Waals surface area (Å²) >= 11 is 0. The van der Waals surface area contributed by atoms with E-state index in [4.69, 9.17) is 4.74 Å². The van der Waals surface area contributed by atoms with Gasteiger partial charge in [-0.1, -0.05) is 0 Å². The molecule has 0 radical (unpaired) electrons. The highest BCUT2D eigenvalue weighted by Crippen LogP contribution is 2.37. The zero-order valence-corrected chi connectivity index (χ0v) is 13.5. The van der Waals surface area contributed by atoms with Gasteiger partial charge in [0.15, 0.2) is 0 Å².